The normalized spacial score (nSPS) is 11.3. The van der Waals surface area contributed by atoms with E-state index in [0.717, 1.165) is 11.1 Å². The van der Waals surface area contributed by atoms with Crippen molar-refractivity contribution in [3.05, 3.63) is 58.7 Å². The zero-order valence-electron chi connectivity index (χ0n) is 18.9. The molecule has 0 radical (unpaired) electrons. The number of rotatable bonds is 8. The minimum absolute atomic E-state index is 0. The van der Waals surface area contributed by atoms with Crippen LogP contribution < -0.4 is 15.4 Å². The van der Waals surface area contributed by atoms with Gasteiger partial charge < -0.3 is 20.1 Å². The second-order valence-electron chi connectivity index (χ2n) is 6.95. The summed E-state index contributed by atoms with van der Waals surface area (Å²) in [6.45, 7) is 5.29. The number of sulfone groups is 1. The van der Waals surface area contributed by atoms with Crippen LogP contribution in [0.25, 0.3) is 0 Å². The maximum absolute atomic E-state index is 11.8. The third-order valence-corrected chi connectivity index (χ3v) is 5.79. The number of nitrogens with one attached hydrogen (secondary N) is 2. The Balaban J connectivity index is 0.00000512. The fourth-order valence-electron chi connectivity index (χ4n) is 3.05. The summed E-state index contributed by atoms with van der Waals surface area (Å²) >= 11 is 0. The summed E-state index contributed by atoms with van der Waals surface area (Å²) in [6.07, 6.45) is 1.20. The fourth-order valence-corrected chi connectivity index (χ4v) is 4.01. The lowest BCUT2D eigenvalue weighted by Gasteiger charge is -2.13. The molecule has 0 saturated carbocycles. The molecule has 0 aliphatic rings. The van der Waals surface area contributed by atoms with E-state index in [-0.39, 0.29) is 24.0 Å². The van der Waals surface area contributed by atoms with Crippen LogP contribution in [0.5, 0.6) is 5.75 Å². The molecule has 0 heterocycles. The predicted molar refractivity (Wildman–Crippen MR) is 136 cm³/mol. The number of guanidine groups is 1. The second-order valence-corrected chi connectivity index (χ2v) is 8.93. The number of nitrogens with zero attached hydrogens (tertiary/aromatic N) is 1. The van der Waals surface area contributed by atoms with E-state index >= 15 is 0 Å². The van der Waals surface area contributed by atoms with Crippen LogP contribution in [0.3, 0.4) is 0 Å². The first kappa shape index (κ1) is 27.7. The summed E-state index contributed by atoms with van der Waals surface area (Å²) < 4.78 is 33.6. The Morgan fingerprint density at radius 1 is 1.06 bits per heavy atom. The number of carbonyl (C=O) groups is 1. The smallest absolute Gasteiger partial charge is 0.341 e. The average molecular weight is 575 g/mol. The number of carbonyl (C=O) groups excluding carboxylic acids is 1. The van der Waals surface area contributed by atoms with Gasteiger partial charge in [0.15, 0.2) is 15.8 Å². The van der Waals surface area contributed by atoms with Gasteiger partial charge in [0.1, 0.15) is 11.3 Å². The molecule has 10 heteroatoms. The van der Waals surface area contributed by atoms with Gasteiger partial charge in [-0.2, -0.15) is 0 Å². The molecule has 0 unspecified atom stereocenters. The lowest BCUT2D eigenvalue weighted by molar-refractivity contribution is 0.0597. The molecule has 0 saturated heterocycles. The first-order valence-corrected chi connectivity index (χ1v) is 11.7. The second kappa shape index (κ2) is 12.6. The van der Waals surface area contributed by atoms with E-state index in [4.69, 9.17) is 9.47 Å². The Morgan fingerprint density at radius 2 is 1.75 bits per heavy atom. The highest BCUT2D eigenvalue weighted by Gasteiger charge is 2.13. The summed E-state index contributed by atoms with van der Waals surface area (Å²) in [6, 6.07) is 10.5. The van der Waals surface area contributed by atoms with Crippen molar-refractivity contribution < 1.29 is 22.7 Å². The Labute approximate surface area is 206 Å². The molecule has 2 rings (SSSR count). The SMILES string of the molecule is CCNC(=NCc1ccc(S(C)(=O)=O)c(C)c1)NCc1ccc(C(=O)OC)c(OC)c1.I. The Morgan fingerprint density at radius 3 is 2.31 bits per heavy atom. The molecule has 0 fully saturated rings. The number of hydrogen-bond acceptors (Lipinski definition) is 6. The van der Waals surface area contributed by atoms with Crippen LogP contribution in [-0.2, 0) is 27.7 Å². The first-order chi connectivity index (χ1) is 14.7. The quantitative estimate of drug-likeness (QED) is 0.216. The minimum Gasteiger partial charge on any atom is -0.496 e. The number of aryl methyl sites for hydroxylation is 1. The van der Waals surface area contributed by atoms with Crippen LogP contribution >= 0.6 is 24.0 Å². The summed E-state index contributed by atoms with van der Waals surface area (Å²) in [4.78, 5) is 16.7. The third-order valence-electron chi connectivity index (χ3n) is 4.53. The van der Waals surface area contributed by atoms with Gasteiger partial charge in [0.2, 0.25) is 0 Å². The van der Waals surface area contributed by atoms with Crippen LogP contribution in [0.15, 0.2) is 46.3 Å². The highest BCUT2D eigenvalue weighted by Crippen LogP contribution is 2.21. The topological polar surface area (TPSA) is 106 Å². The van der Waals surface area contributed by atoms with Crippen molar-refractivity contribution in [3.8, 4) is 5.75 Å². The molecule has 8 nitrogen and oxygen atoms in total. The van der Waals surface area contributed by atoms with Gasteiger partial charge in [-0.25, -0.2) is 18.2 Å². The molecule has 176 valence electrons. The van der Waals surface area contributed by atoms with Crippen molar-refractivity contribution >= 4 is 45.7 Å². The number of ether oxygens (including phenoxy) is 2. The van der Waals surface area contributed by atoms with Gasteiger partial charge in [-0.1, -0.05) is 18.2 Å². The van der Waals surface area contributed by atoms with Gasteiger partial charge in [-0.3, -0.25) is 0 Å². The van der Waals surface area contributed by atoms with E-state index in [1.807, 2.05) is 19.1 Å². The molecule has 0 bridgehead atoms. The largest absolute Gasteiger partial charge is 0.496 e. The standard InChI is InChI=1S/C22H29N3O5S.HI/c1-6-23-22(24-13-16-8-10-20(15(2)11-16)31(5,27)28)25-14-17-7-9-18(21(26)30-4)19(12-17)29-3;/h7-12H,6,13-14H2,1-5H3,(H2,23,24,25);1H. The maximum Gasteiger partial charge on any atom is 0.341 e. The monoisotopic (exact) mass is 575 g/mol. The Hall–Kier alpha value is -2.34. The number of benzene rings is 2. The van der Waals surface area contributed by atoms with Crippen LogP contribution in [0.2, 0.25) is 0 Å². The van der Waals surface area contributed by atoms with Crippen molar-refractivity contribution in [2.45, 2.75) is 31.8 Å². The summed E-state index contributed by atoms with van der Waals surface area (Å²) in [7, 11) is -0.418. The van der Waals surface area contributed by atoms with E-state index in [2.05, 4.69) is 15.6 Å². The molecule has 2 aromatic carbocycles. The van der Waals surface area contributed by atoms with Gasteiger partial charge >= 0.3 is 5.97 Å². The molecular formula is C22H30IN3O5S. The molecule has 32 heavy (non-hydrogen) atoms. The Kier molecular flexibility index (Phi) is 10.9. The van der Waals surface area contributed by atoms with Crippen LogP contribution in [0.1, 0.15) is 34.0 Å². The molecule has 0 amide bonds. The van der Waals surface area contributed by atoms with E-state index in [1.165, 1.54) is 20.5 Å². The van der Waals surface area contributed by atoms with Crippen LogP contribution in [0.4, 0.5) is 0 Å². The minimum atomic E-state index is -3.25. The summed E-state index contributed by atoms with van der Waals surface area (Å²) in [5, 5.41) is 6.42. The van der Waals surface area contributed by atoms with Gasteiger partial charge in [0, 0.05) is 19.3 Å². The summed E-state index contributed by atoms with van der Waals surface area (Å²) in [5.41, 5.74) is 2.88. The van der Waals surface area contributed by atoms with E-state index in [1.54, 1.807) is 31.2 Å². The number of hydrogen-bond donors (Lipinski definition) is 2. The van der Waals surface area contributed by atoms with Crippen molar-refractivity contribution in [2.75, 3.05) is 27.0 Å². The van der Waals surface area contributed by atoms with E-state index < -0.39 is 15.8 Å². The maximum atomic E-state index is 11.8. The summed E-state index contributed by atoms with van der Waals surface area (Å²) in [5.74, 6) is 0.598. The molecule has 0 aromatic heterocycles. The zero-order chi connectivity index (χ0) is 23.0. The number of esters is 1. The fraction of sp³-hybridized carbons (Fsp3) is 0.364. The van der Waals surface area contributed by atoms with E-state index in [9.17, 15) is 13.2 Å². The van der Waals surface area contributed by atoms with Gasteiger partial charge in [0.25, 0.3) is 0 Å². The molecule has 0 aliphatic carbocycles. The lowest BCUT2D eigenvalue weighted by Crippen LogP contribution is -2.36. The highest BCUT2D eigenvalue weighted by atomic mass is 127. The van der Waals surface area contributed by atoms with Crippen molar-refractivity contribution in [1.29, 1.82) is 0 Å². The average Bonchev–Trinajstić information content (AvgIpc) is 2.74. The van der Waals surface area contributed by atoms with Crippen molar-refractivity contribution in [2.24, 2.45) is 4.99 Å². The van der Waals surface area contributed by atoms with Gasteiger partial charge in [-0.15, -0.1) is 24.0 Å². The van der Waals surface area contributed by atoms with Crippen LogP contribution in [0, 0.1) is 6.92 Å². The van der Waals surface area contributed by atoms with Crippen molar-refractivity contribution in [1.82, 2.24) is 10.6 Å². The molecular weight excluding hydrogens is 545 g/mol. The molecule has 0 aliphatic heterocycles. The molecule has 2 N–H and O–H groups in total. The molecule has 2 aromatic rings. The predicted octanol–water partition coefficient (Wildman–Crippen LogP) is 3.07. The Bertz CT molecular complexity index is 1070. The molecule has 0 atom stereocenters. The number of methoxy groups -OCH3 is 2. The van der Waals surface area contributed by atoms with E-state index in [0.29, 0.717) is 47.4 Å². The van der Waals surface area contributed by atoms with Crippen LogP contribution in [-0.4, -0.2) is 47.4 Å². The third kappa shape index (κ3) is 7.66. The lowest BCUT2D eigenvalue weighted by atomic mass is 10.1. The number of aliphatic imine (C=N–C) groups is 1. The van der Waals surface area contributed by atoms with Gasteiger partial charge in [-0.05, 0) is 48.7 Å². The van der Waals surface area contributed by atoms with Gasteiger partial charge in [0.05, 0.1) is 25.7 Å². The first-order valence-electron chi connectivity index (χ1n) is 9.76. The van der Waals surface area contributed by atoms with Crippen molar-refractivity contribution in [3.63, 3.8) is 0 Å². The molecule has 0 spiro atoms. The number of halogens is 1. The highest BCUT2D eigenvalue weighted by molar-refractivity contribution is 14.0. The zero-order valence-corrected chi connectivity index (χ0v) is 22.0.